The van der Waals surface area contributed by atoms with Crippen LogP contribution in [0.5, 0.6) is 5.75 Å². The zero-order chi connectivity index (χ0) is 22.0. The van der Waals surface area contributed by atoms with Crippen LogP contribution in [0.1, 0.15) is 12.5 Å². The van der Waals surface area contributed by atoms with Gasteiger partial charge in [-0.1, -0.05) is 24.3 Å². The van der Waals surface area contributed by atoms with E-state index in [9.17, 15) is 18.4 Å². The lowest BCUT2D eigenvalue weighted by Gasteiger charge is -2.15. The molecule has 4 rings (SSSR count). The van der Waals surface area contributed by atoms with Crippen LogP contribution in [-0.4, -0.2) is 18.4 Å². The second-order valence-corrected chi connectivity index (χ2v) is 6.77. The molecule has 0 spiro atoms. The number of amides is 2. The fourth-order valence-electron chi connectivity index (χ4n) is 3.35. The number of hydrogen-bond donors (Lipinski definition) is 1. The van der Waals surface area contributed by atoms with Gasteiger partial charge in [-0.25, -0.2) is 13.7 Å². The van der Waals surface area contributed by atoms with Gasteiger partial charge in [0.25, 0.3) is 11.8 Å². The molecule has 7 heteroatoms. The van der Waals surface area contributed by atoms with Crippen molar-refractivity contribution < 1.29 is 23.1 Å². The van der Waals surface area contributed by atoms with E-state index in [4.69, 9.17) is 4.74 Å². The molecule has 0 radical (unpaired) electrons. The molecule has 1 heterocycles. The summed E-state index contributed by atoms with van der Waals surface area (Å²) in [6, 6.07) is 17.4. The normalized spacial score (nSPS) is 13.7. The van der Waals surface area contributed by atoms with Crippen LogP contribution in [0.15, 0.2) is 78.5 Å². The van der Waals surface area contributed by atoms with Crippen molar-refractivity contribution in [1.29, 1.82) is 0 Å². The van der Waals surface area contributed by atoms with Gasteiger partial charge in [0.2, 0.25) is 0 Å². The topological polar surface area (TPSA) is 58.6 Å². The number of nitrogens with one attached hydrogen (secondary N) is 1. The predicted molar refractivity (Wildman–Crippen MR) is 113 cm³/mol. The van der Waals surface area contributed by atoms with Crippen LogP contribution >= 0.6 is 0 Å². The highest BCUT2D eigenvalue weighted by atomic mass is 19.1. The minimum Gasteiger partial charge on any atom is -0.494 e. The Morgan fingerprint density at radius 1 is 0.871 bits per heavy atom. The lowest BCUT2D eigenvalue weighted by Crippen LogP contribution is -2.32. The van der Waals surface area contributed by atoms with Gasteiger partial charge in [0.15, 0.2) is 0 Å². The van der Waals surface area contributed by atoms with Crippen molar-refractivity contribution in [3.8, 4) is 5.75 Å². The fourth-order valence-corrected chi connectivity index (χ4v) is 3.35. The third-order valence-electron chi connectivity index (χ3n) is 4.70. The van der Waals surface area contributed by atoms with Crippen LogP contribution in [0.4, 0.5) is 20.2 Å². The molecule has 2 amide bonds. The number of hydrogen-bond acceptors (Lipinski definition) is 4. The molecule has 3 aromatic carbocycles. The van der Waals surface area contributed by atoms with E-state index in [0.717, 1.165) is 11.0 Å². The second-order valence-electron chi connectivity index (χ2n) is 6.77. The monoisotopic (exact) mass is 420 g/mol. The first kappa shape index (κ1) is 20.3. The molecule has 0 bridgehead atoms. The number of carbonyl (C=O) groups excluding carboxylic acids is 2. The zero-order valence-corrected chi connectivity index (χ0v) is 16.6. The highest BCUT2D eigenvalue weighted by Crippen LogP contribution is 2.34. The van der Waals surface area contributed by atoms with E-state index in [2.05, 4.69) is 5.32 Å². The van der Waals surface area contributed by atoms with Crippen LogP contribution in [0, 0.1) is 11.6 Å². The molecule has 1 aliphatic heterocycles. The molecule has 3 aromatic rings. The molecular formula is C24H18F2N2O3. The summed E-state index contributed by atoms with van der Waals surface area (Å²) < 4.78 is 32.7. The number of rotatable bonds is 6. The number of imide groups is 1. The number of benzene rings is 3. The number of nitrogens with zero attached hydrogens (tertiary/aromatic N) is 1. The molecule has 0 aliphatic carbocycles. The number of carbonyl (C=O) groups is 2. The minimum atomic E-state index is -0.642. The molecule has 1 aliphatic rings. The van der Waals surface area contributed by atoms with E-state index >= 15 is 0 Å². The van der Waals surface area contributed by atoms with Gasteiger partial charge in [-0.3, -0.25) is 9.59 Å². The maximum absolute atomic E-state index is 13.8. The molecule has 156 valence electrons. The van der Waals surface area contributed by atoms with E-state index in [1.165, 1.54) is 42.5 Å². The minimum absolute atomic E-state index is 0.00881. The quantitative estimate of drug-likeness (QED) is 0.584. The van der Waals surface area contributed by atoms with E-state index in [0.29, 0.717) is 23.6 Å². The van der Waals surface area contributed by atoms with Crippen LogP contribution in [0.3, 0.4) is 0 Å². The lowest BCUT2D eigenvalue weighted by molar-refractivity contribution is -0.120. The van der Waals surface area contributed by atoms with Crippen LogP contribution in [0.25, 0.3) is 5.57 Å². The Balaban J connectivity index is 1.80. The summed E-state index contributed by atoms with van der Waals surface area (Å²) >= 11 is 0. The maximum Gasteiger partial charge on any atom is 0.282 e. The van der Waals surface area contributed by atoms with Crippen LogP contribution in [0.2, 0.25) is 0 Å². The molecule has 5 nitrogen and oxygen atoms in total. The van der Waals surface area contributed by atoms with Crippen molar-refractivity contribution in [1.82, 2.24) is 0 Å². The summed E-state index contributed by atoms with van der Waals surface area (Å²) in [7, 11) is 0. The molecule has 0 saturated heterocycles. The first-order chi connectivity index (χ1) is 15.0. The first-order valence-electron chi connectivity index (χ1n) is 9.62. The molecule has 0 fully saturated rings. The van der Waals surface area contributed by atoms with Gasteiger partial charge in [-0.15, -0.1) is 0 Å². The zero-order valence-electron chi connectivity index (χ0n) is 16.6. The Morgan fingerprint density at radius 2 is 1.61 bits per heavy atom. The van der Waals surface area contributed by atoms with Crippen LogP contribution in [-0.2, 0) is 9.59 Å². The van der Waals surface area contributed by atoms with E-state index < -0.39 is 23.4 Å². The third kappa shape index (κ3) is 4.02. The standard InChI is InChI=1S/C24H18F2N2O3/c1-2-31-20-8-4-6-18(14-20)27-22-21(15-9-11-16(25)12-10-15)23(29)28(24(22)30)19-7-3-5-17(26)13-19/h3-14,27H,2H2,1H3. The molecule has 0 saturated carbocycles. The lowest BCUT2D eigenvalue weighted by atomic mass is 10.0. The van der Waals surface area contributed by atoms with Crippen molar-refractivity contribution in [3.05, 3.63) is 95.7 Å². The highest BCUT2D eigenvalue weighted by molar-refractivity contribution is 6.46. The van der Waals surface area contributed by atoms with E-state index in [1.807, 2.05) is 6.92 Å². The molecule has 1 N–H and O–H groups in total. The summed E-state index contributed by atoms with van der Waals surface area (Å²) in [4.78, 5) is 27.4. The van der Waals surface area contributed by atoms with Gasteiger partial charge >= 0.3 is 0 Å². The summed E-state index contributed by atoms with van der Waals surface area (Å²) in [5.41, 5.74) is 1.07. The summed E-state index contributed by atoms with van der Waals surface area (Å²) in [6.45, 7) is 2.32. The van der Waals surface area contributed by atoms with Gasteiger partial charge in [-0.05, 0) is 55.0 Å². The van der Waals surface area contributed by atoms with Gasteiger partial charge < -0.3 is 10.1 Å². The SMILES string of the molecule is CCOc1cccc(NC2=C(c3ccc(F)cc3)C(=O)N(c3cccc(F)c3)C2=O)c1. The molecule has 31 heavy (non-hydrogen) atoms. The van der Waals surface area contributed by atoms with E-state index in [-0.39, 0.29) is 17.0 Å². The maximum atomic E-state index is 13.8. The number of halogens is 2. The average Bonchev–Trinajstić information content (AvgIpc) is 2.99. The average molecular weight is 420 g/mol. The second kappa shape index (κ2) is 8.39. The summed E-state index contributed by atoms with van der Waals surface area (Å²) in [5, 5.41) is 3.00. The molecule has 0 aromatic heterocycles. The van der Waals surface area contributed by atoms with Crippen LogP contribution < -0.4 is 15.0 Å². The predicted octanol–water partition coefficient (Wildman–Crippen LogP) is 4.76. The fraction of sp³-hybridized carbons (Fsp3) is 0.0833. The Bertz CT molecular complexity index is 1190. The summed E-state index contributed by atoms with van der Waals surface area (Å²) in [5.74, 6) is -1.73. The Kier molecular flexibility index (Phi) is 5.49. The highest BCUT2D eigenvalue weighted by Gasteiger charge is 2.40. The van der Waals surface area contributed by atoms with Crippen molar-refractivity contribution in [2.45, 2.75) is 6.92 Å². The van der Waals surface area contributed by atoms with Crippen molar-refractivity contribution in [2.24, 2.45) is 0 Å². The first-order valence-corrected chi connectivity index (χ1v) is 9.62. The third-order valence-corrected chi connectivity index (χ3v) is 4.70. The van der Waals surface area contributed by atoms with Crippen molar-refractivity contribution in [2.75, 3.05) is 16.8 Å². The Labute approximate surface area is 177 Å². The Morgan fingerprint density at radius 3 is 2.32 bits per heavy atom. The number of anilines is 2. The Hall–Kier alpha value is -4.00. The van der Waals surface area contributed by atoms with Gasteiger partial charge in [0, 0.05) is 11.8 Å². The van der Waals surface area contributed by atoms with Crippen molar-refractivity contribution >= 4 is 28.8 Å². The van der Waals surface area contributed by atoms with Crippen molar-refractivity contribution in [3.63, 3.8) is 0 Å². The number of ether oxygens (including phenoxy) is 1. The molecule has 0 atom stereocenters. The molecular weight excluding hydrogens is 402 g/mol. The largest absolute Gasteiger partial charge is 0.494 e. The van der Waals surface area contributed by atoms with Gasteiger partial charge in [0.1, 0.15) is 23.1 Å². The molecule has 0 unspecified atom stereocenters. The van der Waals surface area contributed by atoms with E-state index in [1.54, 1.807) is 24.3 Å². The van der Waals surface area contributed by atoms with Gasteiger partial charge in [-0.2, -0.15) is 0 Å². The van der Waals surface area contributed by atoms with Gasteiger partial charge in [0.05, 0.1) is 17.9 Å². The summed E-state index contributed by atoms with van der Waals surface area (Å²) in [6.07, 6.45) is 0. The smallest absolute Gasteiger partial charge is 0.282 e.